The van der Waals surface area contributed by atoms with Crippen LogP contribution in [-0.2, 0) is 4.57 Å². The van der Waals surface area contributed by atoms with E-state index in [2.05, 4.69) is 0 Å². The fourth-order valence-electron chi connectivity index (χ4n) is 0. The average molecular weight is 253 g/mol. The molecule has 41 valence electrons. The van der Waals surface area contributed by atoms with Crippen LogP contribution in [0.3, 0.4) is 0 Å². The molecule has 5 nitrogen and oxygen atoms in total. The monoisotopic (exact) mass is 253 g/mol. The molecule has 0 unspecified atom stereocenters. The van der Waals surface area contributed by atoms with Crippen molar-refractivity contribution in [3.63, 3.8) is 0 Å². The van der Waals surface area contributed by atoms with Gasteiger partial charge >= 0.3 is 41.7 Å². The van der Waals surface area contributed by atoms with E-state index in [1.54, 1.807) is 0 Å². The standard InChI is InChI=1S/Ce.H3O4P.H2O/c;1-5(2,3)4;/h;(H3,1,2,3,4);1H2/q+3;;/p-3. The molecule has 0 aliphatic rings. The topological polar surface area (TPSA) is 118 Å². The van der Waals surface area contributed by atoms with E-state index >= 15 is 0 Å². The maximum absolute atomic E-state index is 8.55. The minimum atomic E-state index is -5.39. The second-order valence-electron chi connectivity index (χ2n) is 0.447. The second-order valence-corrected chi connectivity index (χ2v) is 1.34. The van der Waals surface area contributed by atoms with Gasteiger partial charge in [0.25, 0.3) is 0 Å². The molecule has 7 heavy (non-hydrogen) atoms. The summed E-state index contributed by atoms with van der Waals surface area (Å²) in [4.78, 5) is 25.6. The Morgan fingerprint density at radius 2 is 1.14 bits per heavy atom. The van der Waals surface area contributed by atoms with Gasteiger partial charge in [0.05, 0.1) is 0 Å². The zero-order valence-electron chi connectivity index (χ0n) is 3.08. The van der Waals surface area contributed by atoms with Crippen molar-refractivity contribution in [1.82, 2.24) is 0 Å². The van der Waals surface area contributed by atoms with Crippen LogP contribution in [0.25, 0.3) is 0 Å². The molecule has 0 aliphatic carbocycles. The molecule has 0 atom stereocenters. The van der Waals surface area contributed by atoms with Crippen LogP contribution < -0.4 is 14.7 Å². The van der Waals surface area contributed by atoms with Crippen molar-refractivity contribution in [3.05, 3.63) is 0 Å². The Labute approximate surface area is 73.7 Å². The summed E-state index contributed by atoms with van der Waals surface area (Å²) in [6, 6.07) is 0. The van der Waals surface area contributed by atoms with E-state index < -0.39 is 7.82 Å². The van der Waals surface area contributed by atoms with Gasteiger partial charge in [-0.1, -0.05) is 0 Å². The predicted octanol–water partition coefficient (Wildman–Crippen LogP) is -3.65. The van der Waals surface area contributed by atoms with Gasteiger partial charge < -0.3 is 24.7 Å². The van der Waals surface area contributed by atoms with Crippen LogP contribution >= 0.6 is 7.82 Å². The Kier molecular flexibility index (Phi) is 12.6. The van der Waals surface area contributed by atoms with Gasteiger partial charge in [0, 0.05) is 0 Å². The molecule has 7 heteroatoms. The third kappa shape index (κ3) is 106. The van der Waals surface area contributed by atoms with Crippen LogP contribution in [0.4, 0.5) is 0 Å². The largest absolute Gasteiger partial charge is 3.00 e. The second kappa shape index (κ2) is 5.58. The van der Waals surface area contributed by atoms with Crippen LogP contribution in [0.2, 0.25) is 0 Å². The van der Waals surface area contributed by atoms with E-state index in [0.29, 0.717) is 0 Å². The first-order valence-electron chi connectivity index (χ1n) is 0.730. The van der Waals surface area contributed by atoms with E-state index in [1.165, 1.54) is 0 Å². The van der Waals surface area contributed by atoms with Gasteiger partial charge in [0.1, 0.15) is 0 Å². The Balaban J connectivity index is -0.0000000800. The van der Waals surface area contributed by atoms with E-state index in [0.717, 1.165) is 0 Å². The minimum absolute atomic E-state index is 0. The molecular weight excluding hydrogens is 251 g/mol. The molecule has 1 radical (unpaired) electrons. The molecule has 0 aromatic heterocycles. The van der Waals surface area contributed by atoms with Crippen molar-refractivity contribution >= 4 is 7.82 Å². The summed E-state index contributed by atoms with van der Waals surface area (Å²) in [5.41, 5.74) is 0. The van der Waals surface area contributed by atoms with Crippen LogP contribution in [0.5, 0.6) is 0 Å². The number of hydrogen-bond donors (Lipinski definition) is 0. The molecule has 0 bridgehead atoms. The van der Waals surface area contributed by atoms with Crippen molar-refractivity contribution in [2.75, 3.05) is 0 Å². The molecular formula is H2CeO5P. The summed E-state index contributed by atoms with van der Waals surface area (Å²) in [5, 5.41) is 0. The maximum Gasteiger partial charge on any atom is 3.00 e. The SMILES string of the molecule is O.O=P([O-])([O-])[O-].[Ce+3]. The molecule has 2 N–H and O–H groups in total. The zero-order chi connectivity index (χ0) is 4.50. The average Bonchev–Trinajstić information content (AvgIpc) is 0.722. The summed E-state index contributed by atoms with van der Waals surface area (Å²) in [6.45, 7) is 0. The first-order chi connectivity index (χ1) is 2.00. The van der Waals surface area contributed by atoms with Crippen molar-refractivity contribution in [2.45, 2.75) is 0 Å². The number of hydrogen-bond acceptors (Lipinski definition) is 4. The Morgan fingerprint density at radius 3 is 1.14 bits per heavy atom. The van der Waals surface area contributed by atoms with E-state index in [-0.39, 0.29) is 47.2 Å². The normalized spacial score (nSPS) is 8.43. The van der Waals surface area contributed by atoms with E-state index in [9.17, 15) is 0 Å². The van der Waals surface area contributed by atoms with Gasteiger partial charge in [-0.2, -0.15) is 7.82 Å². The van der Waals surface area contributed by atoms with Crippen LogP contribution in [0.15, 0.2) is 0 Å². The molecule has 0 heterocycles. The van der Waals surface area contributed by atoms with Gasteiger partial charge in [0.2, 0.25) is 0 Å². The quantitative estimate of drug-likeness (QED) is 0.413. The van der Waals surface area contributed by atoms with E-state index in [1.807, 2.05) is 0 Å². The Hall–Kier alpha value is 1.45. The molecule has 0 aromatic carbocycles. The number of rotatable bonds is 0. The van der Waals surface area contributed by atoms with Gasteiger partial charge in [-0.3, -0.25) is 0 Å². The summed E-state index contributed by atoms with van der Waals surface area (Å²) < 4.78 is 8.55. The summed E-state index contributed by atoms with van der Waals surface area (Å²) in [6.07, 6.45) is 0. The van der Waals surface area contributed by atoms with Gasteiger partial charge in [-0.15, -0.1) is 0 Å². The maximum atomic E-state index is 8.55. The van der Waals surface area contributed by atoms with Gasteiger partial charge in [0.15, 0.2) is 0 Å². The molecule has 0 aliphatic heterocycles. The molecule has 0 spiro atoms. The first kappa shape index (κ1) is 15.8. The van der Waals surface area contributed by atoms with Crippen LogP contribution in [-0.4, -0.2) is 5.48 Å². The number of phosphoric acid groups is 1. The molecule has 0 saturated carbocycles. The third-order valence-electron chi connectivity index (χ3n) is 0. The van der Waals surface area contributed by atoms with E-state index in [4.69, 9.17) is 19.2 Å². The van der Waals surface area contributed by atoms with Gasteiger partial charge in [-0.05, 0) is 0 Å². The summed E-state index contributed by atoms with van der Waals surface area (Å²) in [5.74, 6) is 0. The third-order valence-corrected chi connectivity index (χ3v) is 0. The molecule has 0 amide bonds. The smallest absolute Gasteiger partial charge is 0.822 e. The molecule has 0 aromatic rings. The molecule has 0 fully saturated rings. The predicted molar refractivity (Wildman–Crippen MR) is 11.2 cm³/mol. The van der Waals surface area contributed by atoms with Crippen LogP contribution in [0.1, 0.15) is 0 Å². The minimum Gasteiger partial charge on any atom is -0.822 e. The first-order valence-corrected chi connectivity index (χ1v) is 2.19. The molecule has 0 saturated heterocycles. The van der Waals surface area contributed by atoms with Crippen LogP contribution in [0, 0.1) is 41.7 Å². The zero-order valence-corrected chi connectivity index (χ0v) is 7.11. The van der Waals surface area contributed by atoms with Crippen molar-refractivity contribution < 1.29 is 66.5 Å². The van der Waals surface area contributed by atoms with Gasteiger partial charge in [-0.25, -0.2) is 0 Å². The van der Waals surface area contributed by atoms with Crippen molar-refractivity contribution in [3.8, 4) is 0 Å². The molecule has 0 rings (SSSR count). The van der Waals surface area contributed by atoms with Crippen molar-refractivity contribution in [2.24, 2.45) is 0 Å². The fraction of sp³-hybridized carbons (Fsp3) is 0. The van der Waals surface area contributed by atoms with Crippen molar-refractivity contribution in [1.29, 1.82) is 0 Å². The Morgan fingerprint density at radius 1 is 1.14 bits per heavy atom. The summed E-state index contributed by atoms with van der Waals surface area (Å²) >= 11 is 0. The summed E-state index contributed by atoms with van der Waals surface area (Å²) in [7, 11) is -5.39. The Bertz CT molecular complexity index is 54.2. The fourth-order valence-corrected chi connectivity index (χ4v) is 0.